The fourth-order valence-electron chi connectivity index (χ4n) is 4.04. The fraction of sp³-hybridized carbons (Fsp3) is 0.500. The zero-order valence-corrected chi connectivity index (χ0v) is 16.5. The summed E-state index contributed by atoms with van der Waals surface area (Å²) in [6.07, 6.45) is 2.54. The molecule has 0 atom stereocenters. The Labute approximate surface area is 162 Å². The van der Waals surface area contributed by atoms with Gasteiger partial charge in [-0.05, 0) is 49.3 Å². The van der Waals surface area contributed by atoms with Crippen LogP contribution in [0.3, 0.4) is 0 Å². The summed E-state index contributed by atoms with van der Waals surface area (Å²) in [5, 5.41) is 9.08. The van der Waals surface area contributed by atoms with Crippen molar-refractivity contribution in [2.45, 2.75) is 32.6 Å². The predicted molar refractivity (Wildman–Crippen MR) is 106 cm³/mol. The van der Waals surface area contributed by atoms with Crippen LogP contribution in [0, 0.1) is 13.8 Å². The van der Waals surface area contributed by atoms with Gasteiger partial charge in [0.1, 0.15) is 0 Å². The highest BCUT2D eigenvalue weighted by molar-refractivity contribution is 5.70. The van der Waals surface area contributed by atoms with E-state index >= 15 is 0 Å². The van der Waals surface area contributed by atoms with Crippen LogP contribution in [-0.2, 0) is 11.8 Å². The first-order chi connectivity index (χ1) is 13.5. The number of fused-ring (bicyclic) bond motifs is 1. The Kier molecular flexibility index (Phi) is 3.97. The monoisotopic (exact) mass is 380 g/mol. The lowest BCUT2D eigenvalue weighted by Crippen LogP contribution is -2.40. The quantitative estimate of drug-likeness (QED) is 0.690. The minimum atomic E-state index is -0.178. The van der Waals surface area contributed by atoms with E-state index in [1.54, 1.807) is 16.4 Å². The number of morpholine rings is 1. The molecule has 0 spiro atoms. The summed E-state index contributed by atoms with van der Waals surface area (Å²) in [4.78, 5) is 21.2. The highest BCUT2D eigenvalue weighted by Crippen LogP contribution is 2.41. The average Bonchev–Trinajstić information content (AvgIpc) is 3.45. The summed E-state index contributed by atoms with van der Waals surface area (Å²) < 4.78 is 6.97. The van der Waals surface area contributed by atoms with E-state index in [-0.39, 0.29) is 5.56 Å². The average molecular weight is 380 g/mol. The lowest BCUT2D eigenvalue weighted by molar-refractivity contribution is 0.121. The first-order valence-corrected chi connectivity index (χ1v) is 9.81. The molecule has 28 heavy (non-hydrogen) atoms. The maximum atomic E-state index is 12.9. The Bertz CT molecular complexity index is 1100. The number of aromatic nitrogens is 5. The minimum absolute atomic E-state index is 0.178. The number of hydrogen-bond acceptors (Lipinski definition) is 6. The van der Waals surface area contributed by atoms with Gasteiger partial charge >= 0.3 is 0 Å². The van der Waals surface area contributed by atoms with Crippen molar-refractivity contribution in [3.8, 4) is 5.69 Å². The SMILES string of the molecule is Cc1cc(C2CC2)cc(C)c1-n1nc2nc(N3CCOCC3)n(C)c(=O)c2n1. The molecule has 146 valence electrons. The lowest BCUT2D eigenvalue weighted by atomic mass is 10.0. The molecule has 1 aliphatic heterocycles. The second-order valence-electron chi connectivity index (χ2n) is 7.81. The number of benzene rings is 1. The number of hydrogen-bond donors (Lipinski definition) is 0. The first kappa shape index (κ1) is 17.4. The molecule has 1 saturated heterocycles. The molecule has 0 amide bonds. The van der Waals surface area contributed by atoms with Crippen molar-refractivity contribution in [3.05, 3.63) is 39.2 Å². The summed E-state index contributed by atoms with van der Waals surface area (Å²) in [5.74, 6) is 1.31. The molecule has 0 bridgehead atoms. The van der Waals surface area contributed by atoms with E-state index in [4.69, 9.17) is 4.74 Å². The third-order valence-corrected chi connectivity index (χ3v) is 5.67. The van der Waals surface area contributed by atoms with Gasteiger partial charge in [0.05, 0.1) is 18.9 Å². The van der Waals surface area contributed by atoms with E-state index in [1.807, 2.05) is 0 Å². The summed E-state index contributed by atoms with van der Waals surface area (Å²) in [7, 11) is 1.74. The minimum Gasteiger partial charge on any atom is -0.378 e. The van der Waals surface area contributed by atoms with Gasteiger partial charge in [-0.2, -0.15) is 4.98 Å². The molecular formula is C20H24N6O2. The molecule has 0 unspecified atom stereocenters. The highest BCUT2D eigenvalue weighted by Gasteiger charge is 2.25. The van der Waals surface area contributed by atoms with Gasteiger partial charge in [0, 0.05) is 20.1 Å². The van der Waals surface area contributed by atoms with Gasteiger partial charge in [-0.15, -0.1) is 15.0 Å². The molecule has 2 aliphatic rings. The Hall–Kier alpha value is -2.74. The van der Waals surface area contributed by atoms with Gasteiger partial charge in [0.2, 0.25) is 11.6 Å². The Morgan fingerprint density at radius 2 is 1.75 bits per heavy atom. The number of anilines is 1. The largest absolute Gasteiger partial charge is 0.378 e. The topological polar surface area (TPSA) is 78.1 Å². The molecule has 1 aliphatic carbocycles. The second kappa shape index (κ2) is 6.41. The van der Waals surface area contributed by atoms with Gasteiger partial charge in [-0.25, -0.2) is 0 Å². The number of nitrogens with zero attached hydrogens (tertiary/aromatic N) is 6. The molecule has 0 N–H and O–H groups in total. The molecule has 3 heterocycles. The molecule has 3 aromatic rings. The molecule has 2 fully saturated rings. The van der Waals surface area contributed by atoms with Crippen molar-refractivity contribution in [3.63, 3.8) is 0 Å². The molecule has 8 heteroatoms. The van der Waals surface area contributed by atoms with Crippen LogP contribution in [-0.4, -0.2) is 50.8 Å². The Balaban J connectivity index is 1.62. The van der Waals surface area contributed by atoms with Crippen LogP contribution in [0.15, 0.2) is 16.9 Å². The van der Waals surface area contributed by atoms with Crippen LogP contribution in [0.4, 0.5) is 5.95 Å². The molecule has 8 nitrogen and oxygen atoms in total. The molecular weight excluding hydrogens is 356 g/mol. The van der Waals surface area contributed by atoms with E-state index in [0.29, 0.717) is 49.3 Å². The third-order valence-electron chi connectivity index (χ3n) is 5.67. The van der Waals surface area contributed by atoms with Gasteiger partial charge in [-0.1, -0.05) is 12.1 Å². The van der Waals surface area contributed by atoms with Crippen molar-refractivity contribution in [1.29, 1.82) is 0 Å². The van der Waals surface area contributed by atoms with Gasteiger partial charge in [0.15, 0.2) is 5.52 Å². The summed E-state index contributed by atoms with van der Waals surface area (Å²) in [6.45, 7) is 6.83. The maximum absolute atomic E-state index is 12.9. The molecule has 5 rings (SSSR count). The maximum Gasteiger partial charge on any atom is 0.284 e. The smallest absolute Gasteiger partial charge is 0.284 e. The van der Waals surface area contributed by atoms with Crippen LogP contribution < -0.4 is 10.5 Å². The zero-order chi connectivity index (χ0) is 19.4. The van der Waals surface area contributed by atoms with E-state index in [2.05, 4.69) is 46.1 Å². The van der Waals surface area contributed by atoms with Crippen LogP contribution in [0.5, 0.6) is 0 Å². The lowest BCUT2D eigenvalue weighted by Gasteiger charge is -2.28. The first-order valence-electron chi connectivity index (χ1n) is 9.81. The van der Waals surface area contributed by atoms with Crippen molar-refractivity contribution in [2.75, 3.05) is 31.2 Å². The highest BCUT2D eigenvalue weighted by atomic mass is 16.5. The molecule has 2 aromatic heterocycles. The molecule has 1 aromatic carbocycles. The van der Waals surface area contributed by atoms with Gasteiger partial charge in [-0.3, -0.25) is 9.36 Å². The van der Waals surface area contributed by atoms with Crippen molar-refractivity contribution in [1.82, 2.24) is 24.5 Å². The normalized spacial score (nSPS) is 17.5. The van der Waals surface area contributed by atoms with Gasteiger partial charge in [0.25, 0.3) is 5.56 Å². The number of aryl methyl sites for hydroxylation is 2. The summed E-state index contributed by atoms with van der Waals surface area (Å²) in [5.41, 5.74) is 5.05. The van der Waals surface area contributed by atoms with E-state index in [1.165, 1.54) is 18.4 Å². The molecule has 0 radical (unpaired) electrons. The van der Waals surface area contributed by atoms with Crippen LogP contribution in [0.25, 0.3) is 16.9 Å². The predicted octanol–water partition coefficient (Wildman–Crippen LogP) is 1.85. The van der Waals surface area contributed by atoms with Crippen molar-refractivity contribution in [2.24, 2.45) is 7.05 Å². The van der Waals surface area contributed by atoms with E-state index in [0.717, 1.165) is 16.8 Å². The van der Waals surface area contributed by atoms with Crippen molar-refractivity contribution >= 4 is 17.1 Å². The Morgan fingerprint density at radius 1 is 1.07 bits per heavy atom. The number of rotatable bonds is 3. The van der Waals surface area contributed by atoms with Crippen LogP contribution in [0.1, 0.15) is 35.4 Å². The van der Waals surface area contributed by atoms with E-state index in [9.17, 15) is 4.79 Å². The summed E-state index contributed by atoms with van der Waals surface area (Å²) >= 11 is 0. The van der Waals surface area contributed by atoms with Crippen LogP contribution in [0.2, 0.25) is 0 Å². The second-order valence-corrected chi connectivity index (χ2v) is 7.81. The zero-order valence-electron chi connectivity index (χ0n) is 16.5. The van der Waals surface area contributed by atoms with E-state index < -0.39 is 0 Å². The standard InChI is InChI=1S/C20H24N6O2/c1-12-10-15(14-4-5-14)11-13(2)17(12)26-22-16-18(23-26)21-20(24(3)19(16)27)25-6-8-28-9-7-25/h10-11,14H,4-9H2,1-3H3. The third kappa shape index (κ3) is 2.79. The summed E-state index contributed by atoms with van der Waals surface area (Å²) in [6, 6.07) is 4.44. The van der Waals surface area contributed by atoms with Crippen LogP contribution >= 0.6 is 0 Å². The van der Waals surface area contributed by atoms with Crippen molar-refractivity contribution < 1.29 is 4.74 Å². The Morgan fingerprint density at radius 3 is 2.39 bits per heavy atom. The van der Waals surface area contributed by atoms with Gasteiger partial charge < -0.3 is 9.64 Å². The fourth-order valence-corrected chi connectivity index (χ4v) is 4.04. The molecule has 1 saturated carbocycles. The number of ether oxygens (including phenoxy) is 1.